The lowest BCUT2D eigenvalue weighted by Gasteiger charge is -2.10. The molecule has 2 aromatic rings. The molecule has 0 N–H and O–H groups in total. The first-order valence-electron chi connectivity index (χ1n) is 6.84. The number of carbonyl (C=O) groups is 1. The van der Waals surface area contributed by atoms with Gasteiger partial charge in [-0.15, -0.1) is 0 Å². The van der Waals surface area contributed by atoms with Crippen molar-refractivity contribution in [1.82, 2.24) is 0 Å². The van der Waals surface area contributed by atoms with Crippen LogP contribution in [0.15, 0.2) is 54.1 Å². The standard InChI is InChI=1S/C18H12F3NO2/c1-24-16-9-5-3-7-14(16)17(23)13(11-22)10-12-6-2-4-8-15(12)18(19,20)21/h2-10H,1H3/b13-10+. The summed E-state index contributed by atoms with van der Waals surface area (Å²) in [6.45, 7) is 0. The Morgan fingerprint density at radius 1 is 1.12 bits per heavy atom. The number of allylic oxidation sites excluding steroid dienone is 1. The number of hydrogen-bond acceptors (Lipinski definition) is 3. The van der Waals surface area contributed by atoms with Crippen molar-refractivity contribution in [2.45, 2.75) is 6.18 Å². The third-order valence-electron chi connectivity index (χ3n) is 3.28. The zero-order valence-corrected chi connectivity index (χ0v) is 12.6. The molecule has 0 fully saturated rings. The van der Waals surface area contributed by atoms with Crippen LogP contribution in [0, 0.1) is 11.3 Å². The molecule has 6 heteroatoms. The van der Waals surface area contributed by atoms with Crippen molar-refractivity contribution in [3.05, 3.63) is 70.8 Å². The number of alkyl halides is 3. The highest BCUT2D eigenvalue weighted by atomic mass is 19.4. The topological polar surface area (TPSA) is 50.1 Å². The van der Waals surface area contributed by atoms with Gasteiger partial charge in [0.15, 0.2) is 0 Å². The van der Waals surface area contributed by atoms with Crippen LogP contribution in [0.3, 0.4) is 0 Å². The van der Waals surface area contributed by atoms with E-state index in [1.165, 1.54) is 37.4 Å². The number of hydrogen-bond donors (Lipinski definition) is 0. The number of rotatable bonds is 4. The SMILES string of the molecule is COc1ccccc1C(=O)/C(C#N)=C/c1ccccc1C(F)(F)F. The summed E-state index contributed by atoms with van der Waals surface area (Å²) in [5, 5.41) is 9.22. The number of benzene rings is 2. The highest BCUT2D eigenvalue weighted by molar-refractivity contribution is 6.15. The molecule has 0 aliphatic rings. The van der Waals surface area contributed by atoms with Gasteiger partial charge in [-0.25, -0.2) is 0 Å². The first-order valence-corrected chi connectivity index (χ1v) is 6.84. The first-order chi connectivity index (χ1) is 11.4. The number of ether oxygens (including phenoxy) is 1. The van der Waals surface area contributed by atoms with Gasteiger partial charge in [0.2, 0.25) is 5.78 Å². The van der Waals surface area contributed by atoms with Crippen LogP contribution in [-0.2, 0) is 6.18 Å². The van der Waals surface area contributed by atoms with Gasteiger partial charge >= 0.3 is 6.18 Å². The molecular weight excluding hydrogens is 319 g/mol. The van der Waals surface area contributed by atoms with Crippen molar-refractivity contribution in [2.24, 2.45) is 0 Å². The molecule has 2 aromatic carbocycles. The largest absolute Gasteiger partial charge is 0.496 e. The van der Waals surface area contributed by atoms with Gasteiger partial charge in [-0.3, -0.25) is 4.79 Å². The fourth-order valence-electron chi connectivity index (χ4n) is 2.16. The summed E-state index contributed by atoms with van der Waals surface area (Å²) in [6, 6.07) is 12.6. The van der Waals surface area contributed by atoms with Crippen LogP contribution in [0.25, 0.3) is 6.08 Å². The van der Waals surface area contributed by atoms with Gasteiger partial charge in [-0.1, -0.05) is 30.3 Å². The molecule has 0 radical (unpaired) electrons. The molecule has 0 aliphatic carbocycles. The number of para-hydroxylation sites is 1. The van der Waals surface area contributed by atoms with E-state index in [2.05, 4.69) is 0 Å². The molecule has 0 saturated carbocycles. The normalized spacial score (nSPS) is 11.7. The van der Waals surface area contributed by atoms with Gasteiger partial charge in [-0.05, 0) is 29.8 Å². The molecule has 0 aromatic heterocycles. The second kappa shape index (κ2) is 7.01. The van der Waals surface area contributed by atoms with Crippen LogP contribution < -0.4 is 4.74 Å². The molecule has 2 rings (SSSR count). The Morgan fingerprint density at radius 3 is 2.38 bits per heavy atom. The fourth-order valence-corrected chi connectivity index (χ4v) is 2.16. The predicted octanol–water partition coefficient (Wildman–Crippen LogP) is 4.50. The van der Waals surface area contributed by atoms with E-state index in [-0.39, 0.29) is 16.9 Å². The Balaban J connectivity index is 2.52. The van der Waals surface area contributed by atoms with Gasteiger partial charge in [-0.2, -0.15) is 18.4 Å². The zero-order valence-electron chi connectivity index (χ0n) is 12.6. The summed E-state index contributed by atoms with van der Waals surface area (Å²) in [4.78, 5) is 12.5. The summed E-state index contributed by atoms with van der Waals surface area (Å²) >= 11 is 0. The molecule has 0 heterocycles. The minimum absolute atomic E-state index is 0.109. The number of methoxy groups -OCH3 is 1. The van der Waals surface area contributed by atoms with Gasteiger partial charge in [0.1, 0.15) is 17.4 Å². The third-order valence-corrected chi connectivity index (χ3v) is 3.28. The molecular formula is C18H12F3NO2. The third kappa shape index (κ3) is 3.63. The van der Waals surface area contributed by atoms with Gasteiger partial charge in [0, 0.05) is 0 Å². The van der Waals surface area contributed by atoms with Crippen molar-refractivity contribution >= 4 is 11.9 Å². The lowest BCUT2D eigenvalue weighted by Crippen LogP contribution is -2.08. The Morgan fingerprint density at radius 2 is 1.75 bits per heavy atom. The Labute approximate surface area is 136 Å². The van der Waals surface area contributed by atoms with Crippen LogP contribution in [0.4, 0.5) is 13.2 Å². The maximum absolute atomic E-state index is 13.0. The van der Waals surface area contributed by atoms with Crippen LogP contribution in [-0.4, -0.2) is 12.9 Å². The highest BCUT2D eigenvalue weighted by Gasteiger charge is 2.32. The summed E-state index contributed by atoms with van der Waals surface area (Å²) in [5.41, 5.74) is -1.45. The molecule has 24 heavy (non-hydrogen) atoms. The molecule has 0 aliphatic heterocycles. The van der Waals surface area contributed by atoms with E-state index in [1.807, 2.05) is 0 Å². The van der Waals surface area contributed by atoms with E-state index >= 15 is 0 Å². The maximum atomic E-state index is 13.0. The molecule has 122 valence electrons. The maximum Gasteiger partial charge on any atom is 0.416 e. The molecule has 0 amide bonds. The zero-order chi connectivity index (χ0) is 17.7. The average molecular weight is 331 g/mol. The first kappa shape index (κ1) is 17.3. The molecule has 3 nitrogen and oxygen atoms in total. The van der Waals surface area contributed by atoms with Crippen molar-refractivity contribution < 1.29 is 22.7 Å². The van der Waals surface area contributed by atoms with Crippen LogP contribution in [0.2, 0.25) is 0 Å². The number of Topliss-reactive ketones (excluding diaryl/α,β-unsaturated/α-hetero) is 1. The number of ketones is 1. The average Bonchev–Trinajstić information content (AvgIpc) is 2.58. The van der Waals surface area contributed by atoms with E-state index in [1.54, 1.807) is 18.2 Å². The smallest absolute Gasteiger partial charge is 0.416 e. The molecule has 0 unspecified atom stereocenters. The van der Waals surface area contributed by atoms with E-state index in [4.69, 9.17) is 4.74 Å². The van der Waals surface area contributed by atoms with Crippen molar-refractivity contribution in [3.63, 3.8) is 0 Å². The van der Waals surface area contributed by atoms with E-state index in [9.17, 15) is 23.2 Å². The molecule has 0 atom stereocenters. The van der Waals surface area contributed by atoms with E-state index in [0.717, 1.165) is 12.1 Å². The van der Waals surface area contributed by atoms with Crippen molar-refractivity contribution in [3.8, 4) is 11.8 Å². The Hall–Kier alpha value is -3.07. The van der Waals surface area contributed by atoms with Crippen LogP contribution >= 0.6 is 0 Å². The number of nitriles is 1. The van der Waals surface area contributed by atoms with Gasteiger partial charge < -0.3 is 4.74 Å². The monoisotopic (exact) mass is 331 g/mol. The minimum atomic E-state index is -4.58. The van der Waals surface area contributed by atoms with Crippen LogP contribution in [0.5, 0.6) is 5.75 Å². The fraction of sp³-hybridized carbons (Fsp3) is 0.111. The minimum Gasteiger partial charge on any atom is -0.496 e. The summed E-state index contributed by atoms with van der Waals surface area (Å²) in [5.74, 6) is -0.459. The van der Waals surface area contributed by atoms with E-state index in [0.29, 0.717) is 0 Å². The number of carbonyl (C=O) groups excluding carboxylic acids is 1. The molecule has 0 bridgehead atoms. The van der Waals surface area contributed by atoms with Gasteiger partial charge in [0.05, 0.1) is 18.2 Å². The summed E-state index contributed by atoms with van der Waals surface area (Å²) < 4.78 is 44.1. The van der Waals surface area contributed by atoms with Crippen molar-refractivity contribution in [1.29, 1.82) is 5.26 Å². The predicted molar refractivity (Wildman–Crippen MR) is 82.4 cm³/mol. The lowest BCUT2D eigenvalue weighted by atomic mass is 9.99. The molecule has 0 spiro atoms. The Kier molecular flexibility index (Phi) is 5.05. The number of nitrogens with zero attached hydrogens (tertiary/aromatic N) is 1. The summed E-state index contributed by atoms with van der Waals surface area (Å²) in [7, 11) is 1.36. The lowest BCUT2D eigenvalue weighted by molar-refractivity contribution is -0.137. The van der Waals surface area contributed by atoms with E-state index < -0.39 is 23.1 Å². The highest BCUT2D eigenvalue weighted by Crippen LogP contribution is 2.33. The second-order valence-corrected chi connectivity index (χ2v) is 4.78. The van der Waals surface area contributed by atoms with Crippen molar-refractivity contribution in [2.75, 3.05) is 7.11 Å². The Bertz CT molecular complexity index is 833. The van der Waals surface area contributed by atoms with Crippen LogP contribution in [0.1, 0.15) is 21.5 Å². The quantitative estimate of drug-likeness (QED) is 0.471. The van der Waals surface area contributed by atoms with Gasteiger partial charge in [0.25, 0.3) is 0 Å². The molecule has 0 saturated heterocycles. The second-order valence-electron chi connectivity index (χ2n) is 4.78. The summed E-state index contributed by atoms with van der Waals surface area (Å²) in [6.07, 6.45) is -3.64. The number of halogens is 3.